The molecular formula is C18H28N4O2. The molecular weight excluding hydrogens is 304 g/mol. The van der Waals surface area contributed by atoms with Gasteiger partial charge in [-0.1, -0.05) is 0 Å². The highest BCUT2D eigenvalue weighted by Gasteiger charge is 2.27. The summed E-state index contributed by atoms with van der Waals surface area (Å²) in [5.41, 5.74) is 1.90. The van der Waals surface area contributed by atoms with Gasteiger partial charge in [-0.3, -0.25) is 10.1 Å². The number of likely N-dealkylation sites (tertiary alicyclic amines) is 2. The third kappa shape index (κ3) is 4.05. The van der Waals surface area contributed by atoms with Gasteiger partial charge in [0.25, 0.3) is 5.69 Å². The molecule has 0 bridgehead atoms. The number of nitrogens with one attached hydrogen (secondary N) is 1. The van der Waals surface area contributed by atoms with Crippen LogP contribution in [0.2, 0.25) is 0 Å². The van der Waals surface area contributed by atoms with Crippen molar-refractivity contribution in [3.63, 3.8) is 0 Å². The van der Waals surface area contributed by atoms with Crippen LogP contribution < -0.4 is 5.32 Å². The molecule has 2 heterocycles. The van der Waals surface area contributed by atoms with Crippen LogP contribution in [0.25, 0.3) is 0 Å². The molecule has 0 saturated carbocycles. The zero-order valence-corrected chi connectivity index (χ0v) is 14.7. The molecule has 1 aromatic carbocycles. The molecule has 0 spiro atoms. The third-order valence-electron chi connectivity index (χ3n) is 5.50. The summed E-state index contributed by atoms with van der Waals surface area (Å²) in [5.74, 6) is 0. The Balaban J connectivity index is 1.50. The maximum Gasteiger partial charge on any atom is 0.272 e. The van der Waals surface area contributed by atoms with Crippen molar-refractivity contribution in [1.82, 2.24) is 9.80 Å². The summed E-state index contributed by atoms with van der Waals surface area (Å²) in [7, 11) is 2.21. The van der Waals surface area contributed by atoms with Gasteiger partial charge in [-0.2, -0.15) is 0 Å². The van der Waals surface area contributed by atoms with Crippen LogP contribution >= 0.6 is 0 Å². The maximum atomic E-state index is 10.9. The van der Waals surface area contributed by atoms with Crippen LogP contribution in [-0.4, -0.2) is 60.0 Å². The van der Waals surface area contributed by atoms with Crippen molar-refractivity contribution in [2.75, 3.05) is 38.5 Å². The fourth-order valence-corrected chi connectivity index (χ4v) is 3.95. The number of nitro groups is 1. The van der Waals surface area contributed by atoms with Crippen molar-refractivity contribution in [3.8, 4) is 0 Å². The number of benzene rings is 1. The van der Waals surface area contributed by atoms with E-state index in [1.54, 1.807) is 13.0 Å². The highest BCUT2D eigenvalue weighted by molar-refractivity contribution is 5.54. The van der Waals surface area contributed by atoms with Crippen molar-refractivity contribution in [3.05, 3.63) is 33.9 Å². The van der Waals surface area contributed by atoms with Crippen molar-refractivity contribution >= 4 is 11.4 Å². The Morgan fingerprint density at radius 3 is 2.38 bits per heavy atom. The molecule has 2 aliphatic rings. The minimum atomic E-state index is -0.320. The van der Waals surface area contributed by atoms with Crippen molar-refractivity contribution in [2.24, 2.45) is 0 Å². The van der Waals surface area contributed by atoms with E-state index in [-0.39, 0.29) is 10.6 Å². The molecule has 2 aliphatic heterocycles. The van der Waals surface area contributed by atoms with Gasteiger partial charge in [-0.25, -0.2) is 0 Å². The van der Waals surface area contributed by atoms with E-state index in [1.807, 2.05) is 12.1 Å². The summed E-state index contributed by atoms with van der Waals surface area (Å²) in [6.45, 7) is 6.53. The number of aryl methyl sites for hydroxylation is 1. The first kappa shape index (κ1) is 17.2. The molecule has 24 heavy (non-hydrogen) atoms. The second kappa shape index (κ2) is 7.49. The van der Waals surface area contributed by atoms with E-state index in [9.17, 15) is 10.1 Å². The highest BCUT2D eigenvalue weighted by Crippen LogP contribution is 2.25. The Kier molecular flexibility index (Phi) is 5.36. The quantitative estimate of drug-likeness (QED) is 0.678. The van der Waals surface area contributed by atoms with Crippen molar-refractivity contribution < 1.29 is 4.92 Å². The monoisotopic (exact) mass is 332 g/mol. The lowest BCUT2D eigenvalue weighted by molar-refractivity contribution is -0.385. The van der Waals surface area contributed by atoms with Gasteiger partial charge in [-0.15, -0.1) is 0 Å². The first-order chi connectivity index (χ1) is 11.5. The normalized spacial score (nSPS) is 21.8. The molecule has 0 aliphatic carbocycles. The molecule has 2 saturated heterocycles. The zero-order valence-electron chi connectivity index (χ0n) is 14.7. The molecule has 0 radical (unpaired) electrons. The number of nitro benzene ring substituents is 1. The zero-order chi connectivity index (χ0) is 17.1. The van der Waals surface area contributed by atoms with Crippen LogP contribution in [0, 0.1) is 17.0 Å². The first-order valence-electron chi connectivity index (χ1n) is 8.97. The summed E-state index contributed by atoms with van der Waals surface area (Å²) in [6.07, 6.45) is 4.86. The third-order valence-corrected chi connectivity index (χ3v) is 5.50. The summed E-state index contributed by atoms with van der Waals surface area (Å²) >= 11 is 0. The molecule has 6 heteroatoms. The Labute approximate surface area is 144 Å². The standard InChI is InChI=1S/C18H28N4O2/c1-14-13-16(3-4-18(14)22(23)24)19-15-5-11-21(12-6-15)17-7-9-20(2)10-8-17/h3-4,13,15,17,19H,5-12H2,1-2H3. The van der Waals surface area contributed by atoms with Crippen molar-refractivity contribution in [2.45, 2.75) is 44.7 Å². The van der Waals surface area contributed by atoms with Crippen molar-refractivity contribution in [1.29, 1.82) is 0 Å². The van der Waals surface area contributed by atoms with Gasteiger partial charge in [0.1, 0.15) is 0 Å². The number of piperidine rings is 2. The van der Waals surface area contributed by atoms with Gasteiger partial charge >= 0.3 is 0 Å². The minimum Gasteiger partial charge on any atom is -0.382 e. The lowest BCUT2D eigenvalue weighted by Gasteiger charge is -2.41. The van der Waals surface area contributed by atoms with Crippen LogP contribution in [0.15, 0.2) is 18.2 Å². The average molecular weight is 332 g/mol. The number of hydrogen-bond acceptors (Lipinski definition) is 5. The van der Waals surface area contributed by atoms with Gasteiger partial charge in [-0.05, 0) is 64.9 Å². The predicted octanol–water partition coefficient (Wildman–Crippen LogP) is 2.87. The van der Waals surface area contributed by atoms with E-state index in [4.69, 9.17) is 0 Å². The molecule has 6 nitrogen and oxygen atoms in total. The lowest BCUT2D eigenvalue weighted by Crippen LogP contribution is -2.48. The summed E-state index contributed by atoms with van der Waals surface area (Å²) in [5, 5.41) is 14.5. The SMILES string of the molecule is Cc1cc(NC2CCN(C3CCN(C)CC3)CC2)ccc1[N+](=O)[O-]. The predicted molar refractivity (Wildman–Crippen MR) is 96.6 cm³/mol. The van der Waals surface area contributed by atoms with Crippen LogP contribution in [0.3, 0.4) is 0 Å². The Morgan fingerprint density at radius 1 is 1.12 bits per heavy atom. The maximum absolute atomic E-state index is 10.9. The lowest BCUT2D eigenvalue weighted by atomic mass is 9.98. The van der Waals surface area contributed by atoms with E-state index >= 15 is 0 Å². The largest absolute Gasteiger partial charge is 0.382 e. The fourth-order valence-electron chi connectivity index (χ4n) is 3.95. The summed E-state index contributed by atoms with van der Waals surface area (Å²) in [6, 6.07) is 6.54. The molecule has 1 aromatic rings. The molecule has 1 N–H and O–H groups in total. The van der Waals surface area contributed by atoms with Gasteiger partial charge in [0, 0.05) is 42.5 Å². The smallest absolute Gasteiger partial charge is 0.272 e. The van der Waals surface area contributed by atoms with Crippen LogP contribution in [-0.2, 0) is 0 Å². The number of rotatable bonds is 4. The number of anilines is 1. The topological polar surface area (TPSA) is 61.6 Å². The van der Waals surface area contributed by atoms with Crippen LogP contribution in [0.5, 0.6) is 0 Å². The first-order valence-corrected chi connectivity index (χ1v) is 8.97. The second-order valence-electron chi connectivity index (χ2n) is 7.25. The second-order valence-corrected chi connectivity index (χ2v) is 7.25. The van der Waals surface area contributed by atoms with E-state index in [0.29, 0.717) is 11.6 Å². The molecule has 132 valence electrons. The minimum absolute atomic E-state index is 0.192. The van der Waals surface area contributed by atoms with E-state index < -0.39 is 0 Å². The molecule has 0 amide bonds. The van der Waals surface area contributed by atoms with Gasteiger partial charge in [0.2, 0.25) is 0 Å². The molecule has 2 fully saturated rings. The van der Waals surface area contributed by atoms with E-state index in [1.165, 1.54) is 25.9 Å². The van der Waals surface area contributed by atoms with Gasteiger partial charge in [0.05, 0.1) is 4.92 Å². The fraction of sp³-hybridized carbons (Fsp3) is 0.667. The Hall–Kier alpha value is -1.66. The molecule has 0 aromatic heterocycles. The average Bonchev–Trinajstić information content (AvgIpc) is 2.56. The van der Waals surface area contributed by atoms with Crippen LogP contribution in [0.4, 0.5) is 11.4 Å². The van der Waals surface area contributed by atoms with E-state index in [2.05, 4.69) is 22.2 Å². The molecule has 0 atom stereocenters. The number of nitrogens with zero attached hydrogens (tertiary/aromatic N) is 3. The Morgan fingerprint density at radius 2 is 1.79 bits per heavy atom. The molecule has 0 unspecified atom stereocenters. The van der Waals surface area contributed by atoms with Gasteiger partial charge in [0.15, 0.2) is 0 Å². The van der Waals surface area contributed by atoms with E-state index in [0.717, 1.165) is 37.7 Å². The van der Waals surface area contributed by atoms with Crippen LogP contribution in [0.1, 0.15) is 31.2 Å². The van der Waals surface area contributed by atoms with Gasteiger partial charge < -0.3 is 15.1 Å². The molecule has 3 rings (SSSR count). The highest BCUT2D eigenvalue weighted by atomic mass is 16.6. The number of hydrogen-bond donors (Lipinski definition) is 1. The Bertz CT molecular complexity index is 576. The summed E-state index contributed by atoms with van der Waals surface area (Å²) < 4.78 is 0. The summed E-state index contributed by atoms with van der Waals surface area (Å²) in [4.78, 5) is 15.7.